The van der Waals surface area contributed by atoms with E-state index in [0.29, 0.717) is 18.7 Å². The summed E-state index contributed by atoms with van der Waals surface area (Å²) >= 11 is 0. The fourth-order valence-electron chi connectivity index (χ4n) is 1.81. The second-order valence-electron chi connectivity index (χ2n) is 6.19. The van der Waals surface area contributed by atoms with Crippen LogP contribution >= 0.6 is 0 Å². The van der Waals surface area contributed by atoms with E-state index in [1.807, 2.05) is 13.0 Å². The first-order chi connectivity index (χ1) is 10.7. The van der Waals surface area contributed by atoms with Crippen LogP contribution in [0.25, 0.3) is 0 Å². The lowest BCUT2D eigenvalue weighted by Gasteiger charge is -2.19. The lowest BCUT2D eigenvalue weighted by atomic mass is 10.1. The molecule has 0 aromatic heterocycles. The predicted octanol–water partition coefficient (Wildman–Crippen LogP) is 3.70. The van der Waals surface area contributed by atoms with E-state index in [1.165, 1.54) is 12.1 Å². The minimum atomic E-state index is -0.592. The third-order valence-corrected chi connectivity index (χ3v) is 2.86. The van der Waals surface area contributed by atoms with Crippen molar-refractivity contribution in [2.75, 3.05) is 13.1 Å². The molecule has 0 aliphatic carbocycles. The number of carbonyl (C=O) groups is 1. The maximum Gasteiger partial charge on any atom is 0.407 e. The molecule has 0 heterocycles. The van der Waals surface area contributed by atoms with Crippen molar-refractivity contribution in [2.45, 2.75) is 39.3 Å². The summed E-state index contributed by atoms with van der Waals surface area (Å²) in [5.41, 5.74) is 0.0214. The molecule has 1 amide bonds. The van der Waals surface area contributed by atoms with Gasteiger partial charge in [0.2, 0.25) is 0 Å². The van der Waals surface area contributed by atoms with Crippen LogP contribution in [0.15, 0.2) is 30.4 Å². The van der Waals surface area contributed by atoms with E-state index in [4.69, 9.17) is 4.74 Å². The van der Waals surface area contributed by atoms with E-state index >= 15 is 0 Å². The van der Waals surface area contributed by atoms with Gasteiger partial charge in [0.1, 0.15) is 17.2 Å². The van der Waals surface area contributed by atoms with Gasteiger partial charge in [0.05, 0.1) is 0 Å². The molecule has 1 aromatic carbocycles. The second kappa shape index (κ2) is 8.62. The van der Waals surface area contributed by atoms with Gasteiger partial charge in [-0.25, -0.2) is 13.6 Å². The summed E-state index contributed by atoms with van der Waals surface area (Å²) in [5, 5.41) is 5.71. The molecular formula is C17H24F2N2O2. The first kappa shape index (κ1) is 19.1. The van der Waals surface area contributed by atoms with Crippen LogP contribution < -0.4 is 10.6 Å². The lowest BCUT2D eigenvalue weighted by Crippen LogP contribution is -2.32. The molecule has 1 atom stereocenters. The molecule has 0 aliphatic rings. The Bertz CT molecular complexity index is 534. The van der Waals surface area contributed by atoms with Gasteiger partial charge in [0, 0.05) is 25.2 Å². The van der Waals surface area contributed by atoms with E-state index < -0.39 is 23.3 Å². The van der Waals surface area contributed by atoms with Crippen molar-refractivity contribution in [2.24, 2.45) is 0 Å². The van der Waals surface area contributed by atoms with Crippen LogP contribution in [0, 0.1) is 11.6 Å². The standard InChI is InChI=1S/C17H24F2N2O2/c1-12(13-9-14(18)11-15(19)10-13)20-7-5-6-8-21-16(22)23-17(2,3)4/h5-6,9-12,20H,7-8H2,1-4H3,(H,21,22)/b6-5+. The van der Waals surface area contributed by atoms with Gasteiger partial charge in [-0.2, -0.15) is 0 Å². The van der Waals surface area contributed by atoms with Gasteiger partial charge in [-0.3, -0.25) is 0 Å². The van der Waals surface area contributed by atoms with Gasteiger partial charge in [-0.1, -0.05) is 12.2 Å². The number of nitrogens with one attached hydrogen (secondary N) is 2. The molecule has 4 nitrogen and oxygen atoms in total. The van der Waals surface area contributed by atoms with Crippen molar-refractivity contribution in [1.82, 2.24) is 10.6 Å². The minimum absolute atomic E-state index is 0.191. The number of amides is 1. The summed E-state index contributed by atoms with van der Waals surface area (Å²) in [6.07, 6.45) is 3.12. The number of rotatable bonds is 6. The summed E-state index contributed by atoms with van der Waals surface area (Å²) in [5.74, 6) is -1.18. The van der Waals surface area contributed by atoms with Crippen LogP contribution in [0.1, 0.15) is 39.3 Å². The third kappa shape index (κ3) is 8.30. The number of alkyl carbamates (subject to hydrolysis) is 1. The first-order valence-corrected chi connectivity index (χ1v) is 7.48. The molecule has 1 aromatic rings. The summed E-state index contributed by atoms with van der Waals surface area (Å²) in [6.45, 7) is 8.06. The normalized spacial score (nSPS) is 13.1. The Morgan fingerprint density at radius 3 is 2.30 bits per heavy atom. The average molecular weight is 326 g/mol. The Morgan fingerprint density at radius 1 is 1.17 bits per heavy atom. The molecular weight excluding hydrogens is 302 g/mol. The van der Waals surface area contributed by atoms with Crippen molar-refractivity contribution in [1.29, 1.82) is 0 Å². The van der Waals surface area contributed by atoms with E-state index in [9.17, 15) is 13.6 Å². The van der Waals surface area contributed by atoms with Crippen LogP contribution in [0.3, 0.4) is 0 Å². The van der Waals surface area contributed by atoms with Gasteiger partial charge >= 0.3 is 6.09 Å². The van der Waals surface area contributed by atoms with Crippen molar-refractivity contribution < 1.29 is 18.3 Å². The van der Waals surface area contributed by atoms with Gasteiger partial charge < -0.3 is 15.4 Å². The van der Waals surface area contributed by atoms with E-state index in [1.54, 1.807) is 26.8 Å². The molecule has 0 saturated heterocycles. The quantitative estimate of drug-likeness (QED) is 0.784. The Balaban J connectivity index is 2.29. The fraction of sp³-hybridized carbons (Fsp3) is 0.471. The molecule has 0 aliphatic heterocycles. The Morgan fingerprint density at radius 2 is 1.74 bits per heavy atom. The van der Waals surface area contributed by atoms with Crippen LogP contribution in [-0.4, -0.2) is 24.8 Å². The van der Waals surface area contributed by atoms with Crippen LogP contribution in [0.5, 0.6) is 0 Å². The number of hydrogen-bond donors (Lipinski definition) is 2. The number of benzene rings is 1. The fourth-order valence-corrected chi connectivity index (χ4v) is 1.81. The highest BCUT2D eigenvalue weighted by Crippen LogP contribution is 2.15. The zero-order chi connectivity index (χ0) is 17.5. The Hall–Kier alpha value is -1.95. The highest BCUT2D eigenvalue weighted by Gasteiger charge is 2.14. The SMILES string of the molecule is CC(NC/C=C/CNC(=O)OC(C)(C)C)c1cc(F)cc(F)c1. The van der Waals surface area contributed by atoms with E-state index in [2.05, 4.69) is 10.6 Å². The van der Waals surface area contributed by atoms with Gasteiger partial charge in [-0.05, 0) is 45.4 Å². The number of hydrogen-bond acceptors (Lipinski definition) is 3. The Labute approximate surface area is 135 Å². The van der Waals surface area contributed by atoms with E-state index in [-0.39, 0.29) is 6.04 Å². The van der Waals surface area contributed by atoms with Crippen LogP contribution in [-0.2, 0) is 4.74 Å². The molecule has 0 saturated carbocycles. The maximum absolute atomic E-state index is 13.1. The number of halogens is 2. The molecule has 0 radical (unpaired) electrons. The molecule has 128 valence electrons. The van der Waals surface area contributed by atoms with E-state index in [0.717, 1.165) is 6.07 Å². The minimum Gasteiger partial charge on any atom is -0.444 e. The second-order valence-corrected chi connectivity index (χ2v) is 6.19. The van der Waals surface area contributed by atoms with Gasteiger partial charge in [0.15, 0.2) is 0 Å². The average Bonchev–Trinajstić information content (AvgIpc) is 2.39. The molecule has 0 spiro atoms. The molecule has 6 heteroatoms. The van der Waals surface area contributed by atoms with Gasteiger partial charge in [0.25, 0.3) is 0 Å². The number of ether oxygens (including phenoxy) is 1. The highest BCUT2D eigenvalue weighted by atomic mass is 19.1. The molecule has 2 N–H and O–H groups in total. The maximum atomic E-state index is 13.1. The topological polar surface area (TPSA) is 50.4 Å². The van der Waals surface area contributed by atoms with Crippen LogP contribution in [0.2, 0.25) is 0 Å². The predicted molar refractivity (Wildman–Crippen MR) is 86.2 cm³/mol. The highest BCUT2D eigenvalue weighted by molar-refractivity contribution is 5.67. The molecule has 23 heavy (non-hydrogen) atoms. The van der Waals surface area contributed by atoms with Gasteiger partial charge in [-0.15, -0.1) is 0 Å². The Kier molecular flexibility index (Phi) is 7.16. The molecule has 1 unspecified atom stereocenters. The zero-order valence-electron chi connectivity index (χ0n) is 14.0. The van der Waals surface area contributed by atoms with Crippen molar-refractivity contribution in [3.63, 3.8) is 0 Å². The summed E-state index contributed by atoms with van der Waals surface area (Å²) in [6, 6.07) is 3.25. The molecule has 1 rings (SSSR count). The van der Waals surface area contributed by atoms with Crippen molar-refractivity contribution in [3.8, 4) is 0 Å². The van der Waals surface area contributed by atoms with Crippen molar-refractivity contribution >= 4 is 6.09 Å². The zero-order valence-corrected chi connectivity index (χ0v) is 14.0. The summed E-state index contributed by atoms with van der Waals surface area (Å²) < 4.78 is 31.4. The van der Waals surface area contributed by atoms with Crippen LogP contribution in [0.4, 0.5) is 13.6 Å². The lowest BCUT2D eigenvalue weighted by molar-refractivity contribution is 0.0534. The first-order valence-electron chi connectivity index (χ1n) is 7.48. The van der Waals surface area contributed by atoms with Crippen molar-refractivity contribution in [3.05, 3.63) is 47.5 Å². The molecule has 0 fully saturated rings. The smallest absolute Gasteiger partial charge is 0.407 e. The number of carbonyl (C=O) groups excluding carboxylic acids is 1. The summed E-state index contributed by atoms with van der Waals surface area (Å²) in [7, 11) is 0. The molecule has 0 bridgehead atoms. The summed E-state index contributed by atoms with van der Waals surface area (Å²) in [4.78, 5) is 11.4. The monoisotopic (exact) mass is 326 g/mol. The largest absolute Gasteiger partial charge is 0.444 e. The third-order valence-electron chi connectivity index (χ3n) is 2.86.